The van der Waals surface area contributed by atoms with Crippen LogP contribution in [0.15, 0.2) is 42.6 Å². The van der Waals surface area contributed by atoms with Crippen LogP contribution < -0.4 is 15.5 Å². The molecular weight excluding hydrogens is 430 g/mol. The third kappa shape index (κ3) is 4.38. The molecule has 0 spiro atoms. The summed E-state index contributed by atoms with van der Waals surface area (Å²) >= 11 is 0. The first-order valence-corrected chi connectivity index (χ1v) is 11.5. The summed E-state index contributed by atoms with van der Waals surface area (Å²) in [5.74, 6) is 0.968. The summed E-state index contributed by atoms with van der Waals surface area (Å²) in [4.78, 5) is 31.2. The van der Waals surface area contributed by atoms with E-state index in [-0.39, 0.29) is 17.7 Å². The predicted octanol–water partition coefficient (Wildman–Crippen LogP) is 2.52. The molecule has 5 rings (SSSR count). The van der Waals surface area contributed by atoms with E-state index in [9.17, 15) is 9.90 Å². The van der Waals surface area contributed by atoms with Crippen molar-refractivity contribution in [3.8, 4) is 11.1 Å². The Kier molecular flexibility index (Phi) is 5.79. The van der Waals surface area contributed by atoms with Gasteiger partial charge in [-0.1, -0.05) is 12.1 Å². The molecule has 0 aliphatic carbocycles. The number of fused-ring (bicyclic) bond motifs is 1. The third-order valence-corrected chi connectivity index (χ3v) is 6.74. The minimum atomic E-state index is -1.03. The lowest BCUT2D eigenvalue weighted by atomic mass is 9.91. The number of carboxylic acids is 1. The van der Waals surface area contributed by atoms with E-state index in [1.165, 1.54) is 17.3 Å². The van der Waals surface area contributed by atoms with Gasteiger partial charge < -0.3 is 25.5 Å². The summed E-state index contributed by atoms with van der Waals surface area (Å²) in [6.45, 7) is 6.71. The van der Waals surface area contributed by atoms with Crippen LogP contribution in [0.1, 0.15) is 28.5 Å². The first-order valence-electron chi connectivity index (χ1n) is 11.5. The maximum Gasteiger partial charge on any atom is 0.354 e. The zero-order valence-electron chi connectivity index (χ0n) is 19.5. The summed E-state index contributed by atoms with van der Waals surface area (Å²) in [5, 5.41) is 9.29. The molecule has 9 heteroatoms. The van der Waals surface area contributed by atoms with Crippen LogP contribution in [0, 0.1) is 0 Å². The molecule has 3 aromatic rings. The van der Waals surface area contributed by atoms with E-state index >= 15 is 0 Å². The van der Waals surface area contributed by atoms with Crippen molar-refractivity contribution < 1.29 is 9.90 Å². The van der Waals surface area contributed by atoms with Gasteiger partial charge in [0.2, 0.25) is 5.95 Å². The number of nitrogens with zero attached hydrogens (tertiary/aromatic N) is 6. The molecule has 4 heterocycles. The third-order valence-electron chi connectivity index (χ3n) is 6.74. The second-order valence-corrected chi connectivity index (χ2v) is 9.13. The number of carboxylic acid groups (broad SMARTS) is 1. The highest BCUT2D eigenvalue weighted by Gasteiger charge is 2.26. The van der Waals surface area contributed by atoms with Gasteiger partial charge in [-0.15, -0.1) is 0 Å². The van der Waals surface area contributed by atoms with Crippen LogP contribution in [0.4, 0.5) is 17.6 Å². The number of hydrogen-bond donors (Lipinski definition) is 2. The van der Waals surface area contributed by atoms with Crippen molar-refractivity contribution in [3.63, 3.8) is 0 Å². The monoisotopic (exact) mass is 459 g/mol. The fourth-order valence-corrected chi connectivity index (χ4v) is 4.74. The van der Waals surface area contributed by atoms with Crippen molar-refractivity contribution in [1.82, 2.24) is 19.9 Å². The average molecular weight is 460 g/mol. The largest absolute Gasteiger partial charge is 0.477 e. The predicted molar refractivity (Wildman–Crippen MR) is 132 cm³/mol. The summed E-state index contributed by atoms with van der Waals surface area (Å²) in [6, 6.07) is 12.1. The van der Waals surface area contributed by atoms with Gasteiger partial charge in [0.1, 0.15) is 17.3 Å². The minimum Gasteiger partial charge on any atom is -0.477 e. The summed E-state index contributed by atoms with van der Waals surface area (Å²) in [6.07, 6.45) is 2.43. The number of nitrogens with two attached hydrogens (primary N) is 1. The molecular formula is C25H29N7O2. The van der Waals surface area contributed by atoms with Crippen molar-refractivity contribution >= 4 is 23.6 Å². The number of nitrogen functional groups attached to an aromatic ring is 1. The van der Waals surface area contributed by atoms with Crippen molar-refractivity contribution in [3.05, 3.63) is 59.4 Å². The maximum absolute atomic E-state index is 11.3. The SMILES string of the molecule is CC1Cc2ccc(-c3ccnc(C(=O)O)c3)cc2CN1c1cc(N2CCN(C)CC2)nc(N)n1. The van der Waals surface area contributed by atoms with E-state index in [4.69, 9.17) is 5.73 Å². The lowest BCUT2D eigenvalue weighted by Gasteiger charge is -2.37. The molecule has 34 heavy (non-hydrogen) atoms. The Morgan fingerprint density at radius 3 is 2.50 bits per heavy atom. The highest BCUT2D eigenvalue weighted by atomic mass is 16.4. The normalized spacial score (nSPS) is 18.6. The van der Waals surface area contributed by atoms with E-state index in [1.807, 2.05) is 6.07 Å². The van der Waals surface area contributed by atoms with Crippen molar-refractivity contribution in [2.45, 2.75) is 25.9 Å². The fraction of sp³-hybridized carbons (Fsp3) is 0.360. The number of aromatic carboxylic acids is 1. The number of likely N-dealkylation sites (N-methyl/N-ethyl adjacent to an activating group) is 1. The van der Waals surface area contributed by atoms with Crippen LogP contribution in [0.3, 0.4) is 0 Å². The quantitative estimate of drug-likeness (QED) is 0.608. The summed E-state index contributed by atoms with van der Waals surface area (Å²) in [5.41, 5.74) is 10.5. The van der Waals surface area contributed by atoms with Gasteiger partial charge in [0, 0.05) is 51.0 Å². The number of anilines is 3. The van der Waals surface area contributed by atoms with Crippen LogP contribution in [0.5, 0.6) is 0 Å². The second-order valence-electron chi connectivity index (χ2n) is 9.13. The van der Waals surface area contributed by atoms with Crippen LogP contribution in [-0.2, 0) is 13.0 Å². The first-order chi connectivity index (χ1) is 16.4. The van der Waals surface area contributed by atoms with E-state index in [0.717, 1.165) is 55.4 Å². The topological polar surface area (TPSA) is 112 Å². The molecule has 9 nitrogen and oxygen atoms in total. The maximum atomic E-state index is 11.3. The number of hydrogen-bond acceptors (Lipinski definition) is 8. The van der Waals surface area contributed by atoms with Gasteiger partial charge in [0.05, 0.1) is 0 Å². The average Bonchev–Trinajstić information content (AvgIpc) is 2.83. The molecule has 2 aromatic heterocycles. The number of piperazine rings is 1. The van der Waals surface area contributed by atoms with Crippen molar-refractivity contribution in [2.75, 3.05) is 48.8 Å². The highest BCUT2D eigenvalue weighted by molar-refractivity contribution is 5.87. The summed E-state index contributed by atoms with van der Waals surface area (Å²) < 4.78 is 0. The molecule has 1 fully saturated rings. The van der Waals surface area contributed by atoms with Gasteiger partial charge in [-0.2, -0.15) is 9.97 Å². The van der Waals surface area contributed by atoms with Crippen LogP contribution in [0.2, 0.25) is 0 Å². The lowest BCUT2D eigenvalue weighted by molar-refractivity contribution is 0.0690. The fourth-order valence-electron chi connectivity index (χ4n) is 4.74. The molecule has 0 saturated carbocycles. The number of aromatic nitrogens is 3. The van der Waals surface area contributed by atoms with Gasteiger partial charge in [-0.05, 0) is 60.8 Å². The Morgan fingerprint density at radius 2 is 1.74 bits per heavy atom. The highest BCUT2D eigenvalue weighted by Crippen LogP contribution is 2.32. The van der Waals surface area contributed by atoms with E-state index in [2.05, 4.69) is 67.9 Å². The van der Waals surface area contributed by atoms with Crippen LogP contribution >= 0.6 is 0 Å². The van der Waals surface area contributed by atoms with Gasteiger partial charge >= 0.3 is 5.97 Å². The molecule has 1 aromatic carbocycles. The number of pyridine rings is 1. The smallest absolute Gasteiger partial charge is 0.354 e. The Hall–Kier alpha value is -3.72. The first kappa shape index (κ1) is 22.1. The molecule has 1 atom stereocenters. The Balaban J connectivity index is 1.44. The Morgan fingerprint density at radius 1 is 1.00 bits per heavy atom. The summed E-state index contributed by atoms with van der Waals surface area (Å²) in [7, 11) is 2.13. The van der Waals surface area contributed by atoms with E-state index < -0.39 is 5.97 Å². The van der Waals surface area contributed by atoms with Crippen LogP contribution in [-0.4, -0.2) is 70.2 Å². The molecule has 2 aliphatic heterocycles. The van der Waals surface area contributed by atoms with Crippen LogP contribution in [0.25, 0.3) is 11.1 Å². The second kappa shape index (κ2) is 8.90. The molecule has 2 aliphatic rings. The molecule has 1 unspecified atom stereocenters. The molecule has 176 valence electrons. The van der Waals surface area contributed by atoms with E-state index in [0.29, 0.717) is 6.54 Å². The number of carbonyl (C=O) groups is 1. The van der Waals surface area contributed by atoms with Gasteiger partial charge in [0.25, 0.3) is 0 Å². The zero-order chi connectivity index (χ0) is 23.8. The van der Waals surface area contributed by atoms with Gasteiger partial charge in [0.15, 0.2) is 0 Å². The van der Waals surface area contributed by atoms with Gasteiger partial charge in [-0.25, -0.2) is 9.78 Å². The molecule has 0 bridgehead atoms. The van der Waals surface area contributed by atoms with Crippen molar-refractivity contribution in [2.24, 2.45) is 0 Å². The standard InChI is InChI=1S/C25H29N7O2/c1-16-11-17-3-4-18(19-5-6-27-21(13-19)24(33)34)12-20(17)15-32(16)23-14-22(28-25(26)29-23)31-9-7-30(2)8-10-31/h3-6,12-14,16H,7-11,15H2,1-2H3,(H,33,34)(H2,26,28,29). The molecule has 3 N–H and O–H groups in total. The Bertz CT molecular complexity index is 1220. The number of rotatable bonds is 4. The molecule has 0 amide bonds. The lowest BCUT2D eigenvalue weighted by Crippen LogP contribution is -2.45. The molecule has 0 radical (unpaired) electrons. The number of benzene rings is 1. The Labute approximate surface area is 198 Å². The van der Waals surface area contributed by atoms with E-state index in [1.54, 1.807) is 6.07 Å². The van der Waals surface area contributed by atoms with Crippen molar-refractivity contribution in [1.29, 1.82) is 0 Å². The van der Waals surface area contributed by atoms with Gasteiger partial charge in [-0.3, -0.25) is 0 Å². The minimum absolute atomic E-state index is 0.0402. The zero-order valence-corrected chi connectivity index (χ0v) is 19.5. The molecule has 1 saturated heterocycles.